The van der Waals surface area contributed by atoms with Crippen LogP contribution < -0.4 is 10.6 Å². The summed E-state index contributed by atoms with van der Waals surface area (Å²) in [5.74, 6) is -0.607. The fraction of sp³-hybridized carbons (Fsp3) is 0.0625. The molecule has 3 aromatic rings. The lowest BCUT2D eigenvalue weighted by atomic mass is 10.2. The number of rotatable bonds is 4. The van der Waals surface area contributed by atoms with Crippen LogP contribution in [0.25, 0.3) is 0 Å². The lowest BCUT2D eigenvalue weighted by Gasteiger charge is -2.07. The second kappa shape index (κ2) is 6.97. The Balaban J connectivity index is 1.72. The van der Waals surface area contributed by atoms with Gasteiger partial charge in [-0.1, -0.05) is 17.4 Å². The molecule has 8 heteroatoms. The molecule has 0 aliphatic heterocycles. The molecule has 2 amide bonds. The first-order valence-corrected chi connectivity index (χ1v) is 7.86. The van der Waals surface area contributed by atoms with Gasteiger partial charge in [0.25, 0.3) is 11.8 Å². The van der Waals surface area contributed by atoms with Gasteiger partial charge in [0.1, 0.15) is 5.01 Å². The number of carbonyl (C=O) groups is 2. The summed E-state index contributed by atoms with van der Waals surface area (Å²) < 4.78 is 0. The smallest absolute Gasteiger partial charge is 0.257 e. The Bertz CT molecular complexity index is 879. The molecule has 0 radical (unpaired) electrons. The molecule has 7 nitrogen and oxygen atoms in total. The zero-order valence-corrected chi connectivity index (χ0v) is 13.5. The second-order valence-electron chi connectivity index (χ2n) is 4.86. The van der Waals surface area contributed by atoms with Gasteiger partial charge in [0, 0.05) is 23.6 Å². The highest BCUT2D eigenvalue weighted by Crippen LogP contribution is 2.17. The Morgan fingerprint density at radius 2 is 1.79 bits per heavy atom. The van der Waals surface area contributed by atoms with E-state index in [0.717, 1.165) is 5.01 Å². The van der Waals surface area contributed by atoms with Gasteiger partial charge in [0.15, 0.2) is 0 Å². The number of hydrogen-bond acceptors (Lipinski definition) is 6. The van der Waals surface area contributed by atoms with E-state index in [2.05, 4.69) is 25.8 Å². The molecule has 0 spiro atoms. The number of anilines is 2. The highest BCUT2D eigenvalue weighted by molar-refractivity contribution is 7.15. The molecule has 3 rings (SSSR count). The maximum atomic E-state index is 12.2. The number of pyridine rings is 1. The highest BCUT2D eigenvalue weighted by atomic mass is 32.1. The number of amides is 2. The van der Waals surface area contributed by atoms with Crippen molar-refractivity contribution in [2.45, 2.75) is 6.92 Å². The number of aromatic nitrogens is 3. The molecule has 0 fully saturated rings. The number of carbonyl (C=O) groups excluding carboxylic acids is 2. The van der Waals surface area contributed by atoms with E-state index in [-0.39, 0.29) is 11.8 Å². The number of benzene rings is 1. The fourth-order valence-electron chi connectivity index (χ4n) is 1.95. The van der Waals surface area contributed by atoms with E-state index in [9.17, 15) is 9.59 Å². The standard InChI is InChI=1S/C16H13N5O2S/c1-10-20-21-16(24-10)19-14(22)11-4-2-6-13(8-11)18-15(23)12-5-3-7-17-9-12/h2-9H,1H3,(H,18,23)(H,19,21,22). The summed E-state index contributed by atoms with van der Waals surface area (Å²) in [5.41, 5.74) is 1.37. The van der Waals surface area contributed by atoms with Crippen LogP contribution in [-0.4, -0.2) is 27.0 Å². The number of nitrogens with one attached hydrogen (secondary N) is 2. The van der Waals surface area contributed by atoms with Crippen molar-refractivity contribution >= 4 is 34.0 Å². The molecule has 0 aliphatic rings. The summed E-state index contributed by atoms with van der Waals surface area (Å²) in [6.45, 7) is 1.81. The van der Waals surface area contributed by atoms with Gasteiger partial charge in [-0.05, 0) is 37.3 Å². The third-order valence-corrected chi connectivity index (χ3v) is 3.81. The molecule has 0 saturated carbocycles. The summed E-state index contributed by atoms with van der Waals surface area (Å²) >= 11 is 1.29. The average Bonchev–Trinajstić information content (AvgIpc) is 3.00. The zero-order chi connectivity index (χ0) is 16.9. The quantitative estimate of drug-likeness (QED) is 0.762. The monoisotopic (exact) mass is 339 g/mol. The molecule has 120 valence electrons. The van der Waals surface area contributed by atoms with Crippen LogP contribution in [0.5, 0.6) is 0 Å². The van der Waals surface area contributed by atoms with E-state index >= 15 is 0 Å². The van der Waals surface area contributed by atoms with E-state index < -0.39 is 0 Å². The largest absolute Gasteiger partial charge is 0.322 e. The molecule has 24 heavy (non-hydrogen) atoms. The van der Waals surface area contributed by atoms with E-state index in [4.69, 9.17) is 0 Å². The topological polar surface area (TPSA) is 96.9 Å². The molecule has 0 atom stereocenters. The number of hydrogen-bond donors (Lipinski definition) is 2. The van der Waals surface area contributed by atoms with Gasteiger partial charge in [-0.15, -0.1) is 10.2 Å². The van der Waals surface area contributed by atoms with Crippen LogP contribution in [0.3, 0.4) is 0 Å². The van der Waals surface area contributed by atoms with E-state index in [1.165, 1.54) is 17.5 Å². The zero-order valence-electron chi connectivity index (χ0n) is 12.7. The van der Waals surface area contributed by atoms with E-state index in [1.807, 2.05) is 6.92 Å². The summed E-state index contributed by atoms with van der Waals surface area (Å²) in [5, 5.41) is 14.3. The first-order chi connectivity index (χ1) is 11.6. The van der Waals surface area contributed by atoms with Crippen LogP contribution in [0.15, 0.2) is 48.8 Å². The molecule has 0 saturated heterocycles. The van der Waals surface area contributed by atoms with Crippen LogP contribution in [0.2, 0.25) is 0 Å². The minimum Gasteiger partial charge on any atom is -0.322 e. The summed E-state index contributed by atoms with van der Waals surface area (Å²) in [6.07, 6.45) is 3.07. The minimum atomic E-state index is -0.316. The van der Waals surface area contributed by atoms with Gasteiger partial charge in [-0.2, -0.15) is 0 Å². The van der Waals surface area contributed by atoms with Crippen molar-refractivity contribution in [1.29, 1.82) is 0 Å². The molecule has 1 aromatic carbocycles. The molecule has 0 unspecified atom stereocenters. The van der Waals surface area contributed by atoms with Crippen molar-refractivity contribution in [2.75, 3.05) is 10.6 Å². The molecule has 0 aliphatic carbocycles. The normalized spacial score (nSPS) is 10.2. The van der Waals surface area contributed by atoms with Crippen molar-refractivity contribution in [2.24, 2.45) is 0 Å². The Morgan fingerprint density at radius 3 is 2.50 bits per heavy atom. The molecular formula is C16H13N5O2S. The third-order valence-electron chi connectivity index (χ3n) is 3.05. The molecule has 2 aromatic heterocycles. The Hall–Kier alpha value is -3.13. The minimum absolute atomic E-state index is 0.291. The van der Waals surface area contributed by atoms with Crippen LogP contribution in [0.4, 0.5) is 10.8 Å². The van der Waals surface area contributed by atoms with Crippen LogP contribution in [-0.2, 0) is 0 Å². The van der Waals surface area contributed by atoms with Crippen LogP contribution in [0.1, 0.15) is 25.7 Å². The maximum absolute atomic E-state index is 12.2. The first-order valence-electron chi connectivity index (χ1n) is 7.05. The second-order valence-corrected chi connectivity index (χ2v) is 6.04. The van der Waals surface area contributed by atoms with Gasteiger partial charge < -0.3 is 5.32 Å². The molecule has 2 heterocycles. The van der Waals surface area contributed by atoms with Gasteiger partial charge in [0.2, 0.25) is 5.13 Å². The average molecular weight is 339 g/mol. The van der Waals surface area contributed by atoms with Crippen LogP contribution in [0, 0.1) is 6.92 Å². The maximum Gasteiger partial charge on any atom is 0.257 e. The van der Waals surface area contributed by atoms with E-state index in [1.54, 1.807) is 42.6 Å². The number of aryl methyl sites for hydroxylation is 1. The SMILES string of the molecule is Cc1nnc(NC(=O)c2cccc(NC(=O)c3cccnc3)c2)s1. The predicted octanol–water partition coefficient (Wildman–Crippen LogP) is 2.75. The van der Waals surface area contributed by atoms with Crippen LogP contribution >= 0.6 is 11.3 Å². The van der Waals surface area contributed by atoms with Gasteiger partial charge in [0.05, 0.1) is 5.56 Å². The summed E-state index contributed by atoms with van der Waals surface area (Å²) in [6, 6.07) is 10.00. The van der Waals surface area contributed by atoms with Crippen molar-refractivity contribution < 1.29 is 9.59 Å². The van der Waals surface area contributed by atoms with Gasteiger partial charge in [-0.3, -0.25) is 19.9 Å². The summed E-state index contributed by atoms with van der Waals surface area (Å²) in [7, 11) is 0. The van der Waals surface area contributed by atoms with E-state index in [0.29, 0.717) is 21.9 Å². The Labute approximate surface area is 141 Å². The lowest BCUT2D eigenvalue weighted by molar-refractivity contribution is 0.101. The molecule has 2 N–H and O–H groups in total. The molecule has 0 bridgehead atoms. The van der Waals surface area contributed by atoms with Crippen molar-refractivity contribution in [1.82, 2.24) is 15.2 Å². The van der Waals surface area contributed by atoms with Crippen molar-refractivity contribution in [3.63, 3.8) is 0 Å². The van der Waals surface area contributed by atoms with Gasteiger partial charge >= 0.3 is 0 Å². The predicted molar refractivity (Wildman–Crippen MR) is 91.2 cm³/mol. The Morgan fingerprint density at radius 1 is 1.00 bits per heavy atom. The third kappa shape index (κ3) is 3.79. The summed E-state index contributed by atoms with van der Waals surface area (Å²) in [4.78, 5) is 28.3. The van der Waals surface area contributed by atoms with Crippen molar-refractivity contribution in [3.05, 3.63) is 64.9 Å². The molecular weight excluding hydrogens is 326 g/mol. The van der Waals surface area contributed by atoms with Crippen molar-refractivity contribution in [3.8, 4) is 0 Å². The Kier molecular flexibility index (Phi) is 4.57. The first kappa shape index (κ1) is 15.8. The highest BCUT2D eigenvalue weighted by Gasteiger charge is 2.11. The number of nitrogens with zero attached hydrogens (tertiary/aromatic N) is 3. The fourth-order valence-corrected chi connectivity index (χ4v) is 2.54. The van der Waals surface area contributed by atoms with Gasteiger partial charge in [-0.25, -0.2) is 0 Å². The lowest BCUT2D eigenvalue weighted by Crippen LogP contribution is -2.14.